The van der Waals surface area contributed by atoms with E-state index in [4.69, 9.17) is 14.6 Å². The normalized spacial score (nSPS) is 12.0. The lowest BCUT2D eigenvalue weighted by molar-refractivity contribution is -0.139. The van der Waals surface area contributed by atoms with Gasteiger partial charge in [-0.05, 0) is 20.8 Å². The highest BCUT2D eigenvalue weighted by Gasteiger charge is 2.26. The Kier molecular flexibility index (Phi) is 7.26. The quantitative estimate of drug-likeness (QED) is 0.715. The van der Waals surface area contributed by atoms with Crippen molar-refractivity contribution in [1.29, 1.82) is 0 Å². The highest BCUT2D eigenvalue weighted by Crippen LogP contribution is 2.07. The minimum atomic E-state index is -1.30. The Labute approximate surface area is 123 Å². The summed E-state index contributed by atoms with van der Waals surface area (Å²) in [6.07, 6.45) is -0.200. The number of aliphatic carboxylic acids is 1. The number of amides is 2. The predicted molar refractivity (Wildman–Crippen MR) is 75.0 cm³/mol. The molecule has 0 aromatic carbocycles. The number of ether oxygens (including phenoxy) is 2. The van der Waals surface area contributed by atoms with Crippen molar-refractivity contribution in [3.05, 3.63) is 12.7 Å². The maximum Gasteiger partial charge on any atom is 0.409 e. The zero-order valence-electron chi connectivity index (χ0n) is 12.7. The lowest BCUT2D eigenvalue weighted by atomic mass is 10.2. The highest BCUT2D eigenvalue weighted by molar-refractivity contribution is 5.81. The van der Waals surface area contributed by atoms with Crippen LogP contribution in [-0.2, 0) is 14.3 Å². The molecule has 0 rings (SSSR count). The Balaban J connectivity index is 4.56. The van der Waals surface area contributed by atoms with Crippen molar-refractivity contribution in [1.82, 2.24) is 10.2 Å². The number of carbonyl (C=O) groups is 3. The van der Waals surface area contributed by atoms with Crippen LogP contribution in [0.1, 0.15) is 20.8 Å². The van der Waals surface area contributed by atoms with Gasteiger partial charge in [0, 0.05) is 7.05 Å². The van der Waals surface area contributed by atoms with Crippen LogP contribution in [0.5, 0.6) is 0 Å². The number of rotatable bonds is 6. The van der Waals surface area contributed by atoms with E-state index >= 15 is 0 Å². The van der Waals surface area contributed by atoms with E-state index in [0.29, 0.717) is 0 Å². The van der Waals surface area contributed by atoms with Crippen LogP contribution in [0.2, 0.25) is 0 Å². The summed E-state index contributed by atoms with van der Waals surface area (Å²) in [5.74, 6) is -1.29. The minimum absolute atomic E-state index is 0.0143. The Hall–Kier alpha value is -2.25. The van der Waals surface area contributed by atoms with Crippen molar-refractivity contribution in [2.45, 2.75) is 32.4 Å². The summed E-state index contributed by atoms with van der Waals surface area (Å²) >= 11 is 0. The van der Waals surface area contributed by atoms with Gasteiger partial charge in [-0.25, -0.2) is 14.4 Å². The Bertz CT molecular complexity index is 402. The fraction of sp³-hybridized carbons (Fsp3) is 0.615. The molecule has 2 amide bonds. The van der Waals surface area contributed by atoms with E-state index in [1.165, 1.54) is 13.1 Å². The third-order valence-electron chi connectivity index (χ3n) is 2.08. The van der Waals surface area contributed by atoms with Gasteiger partial charge >= 0.3 is 18.2 Å². The topological polar surface area (TPSA) is 105 Å². The fourth-order valence-electron chi connectivity index (χ4n) is 1.22. The van der Waals surface area contributed by atoms with Crippen molar-refractivity contribution < 1.29 is 29.0 Å². The number of hydrogen-bond acceptors (Lipinski definition) is 5. The van der Waals surface area contributed by atoms with Gasteiger partial charge in [0.2, 0.25) is 0 Å². The van der Waals surface area contributed by atoms with Gasteiger partial charge in [0.15, 0.2) is 0 Å². The van der Waals surface area contributed by atoms with E-state index in [1.54, 1.807) is 20.8 Å². The first-order valence-electron chi connectivity index (χ1n) is 6.28. The average Bonchev–Trinajstić information content (AvgIpc) is 2.32. The number of nitrogens with zero attached hydrogens (tertiary/aromatic N) is 1. The summed E-state index contributed by atoms with van der Waals surface area (Å²) in [4.78, 5) is 35.2. The van der Waals surface area contributed by atoms with Crippen molar-refractivity contribution in [2.24, 2.45) is 0 Å². The summed E-state index contributed by atoms with van der Waals surface area (Å²) in [6.45, 7) is 8.11. The van der Waals surface area contributed by atoms with E-state index in [0.717, 1.165) is 4.90 Å². The predicted octanol–water partition coefficient (Wildman–Crippen LogP) is 1.22. The van der Waals surface area contributed by atoms with Gasteiger partial charge < -0.3 is 24.8 Å². The lowest BCUT2D eigenvalue weighted by Crippen LogP contribution is -2.50. The number of likely N-dealkylation sites (N-methyl/N-ethyl adjacent to an activating group) is 1. The molecule has 0 unspecified atom stereocenters. The molecule has 21 heavy (non-hydrogen) atoms. The summed E-state index contributed by atoms with van der Waals surface area (Å²) in [6, 6.07) is -1.30. The zero-order chi connectivity index (χ0) is 16.6. The lowest BCUT2D eigenvalue weighted by Gasteiger charge is -2.24. The van der Waals surface area contributed by atoms with E-state index in [-0.39, 0.29) is 13.2 Å². The third kappa shape index (κ3) is 8.51. The van der Waals surface area contributed by atoms with Crippen molar-refractivity contribution in [3.8, 4) is 0 Å². The van der Waals surface area contributed by atoms with Crippen LogP contribution < -0.4 is 5.32 Å². The van der Waals surface area contributed by atoms with E-state index in [2.05, 4.69) is 11.9 Å². The van der Waals surface area contributed by atoms with Crippen LogP contribution in [0.15, 0.2) is 12.7 Å². The van der Waals surface area contributed by atoms with Crippen LogP contribution in [0.3, 0.4) is 0 Å². The zero-order valence-corrected chi connectivity index (χ0v) is 12.7. The Morgan fingerprint density at radius 2 is 1.95 bits per heavy atom. The molecular formula is C13H22N2O6. The fourth-order valence-corrected chi connectivity index (χ4v) is 1.22. The molecule has 0 aliphatic rings. The highest BCUT2D eigenvalue weighted by atomic mass is 16.6. The molecule has 1 atom stereocenters. The van der Waals surface area contributed by atoms with Gasteiger partial charge in [0.1, 0.15) is 18.2 Å². The summed E-state index contributed by atoms with van der Waals surface area (Å²) in [7, 11) is 1.36. The van der Waals surface area contributed by atoms with Crippen molar-refractivity contribution in [3.63, 3.8) is 0 Å². The van der Waals surface area contributed by atoms with Crippen LogP contribution in [0.4, 0.5) is 9.59 Å². The van der Waals surface area contributed by atoms with Crippen LogP contribution >= 0.6 is 0 Å². The maximum atomic E-state index is 11.6. The summed E-state index contributed by atoms with van der Waals surface area (Å²) in [5, 5.41) is 11.2. The molecule has 0 saturated carbocycles. The molecule has 0 aliphatic heterocycles. The number of carboxylic acids is 1. The molecule has 0 aromatic heterocycles. The second-order valence-corrected chi connectivity index (χ2v) is 5.28. The van der Waals surface area contributed by atoms with E-state index < -0.39 is 29.8 Å². The molecule has 0 bridgehead atoms. The maximum absolute atomic E-state index is 11.6. The molecular weight excluding hydrogens is 280 g/mol. The number of carbonyl (C=O) groups excluding carboxylic acids is 2. The molecule has 0 aliphatic carbocycles. The Morgan fingerprint density at radius 1 is 1.38 bits per heavy atom. The molecule has 0 radical (unpaired) electrons. The van der Waals surface area contributed by atoms with E-state index in [9.17, 15) is 14.4 Å². The molecule has 0 spiro atoms. The molecule has 0 saturated heterocycles. The molecule has 120 valence electrons. The SMILES string of the molecule is C=CCOC(=O)N(C)C[C@H](NC(=O)OC(C)(C)C)C(=O)O. The van der Waals surface area contributed by atoms with Crippen LogP contribution in [0.25, 0.3) is 0 Å². The van der Waals surface area contributed by atoms with Crippen molar-refractivity contribution >= 4 is 18.2 Å². The standard InChI is InChI=1S/C13H22N2O6/c1-6-7-20-12(19)15(5)8-9(10(16)17)14-11(18)21-13(2,3)4/h6,9H,1,7-8H2,2-5H3,(H,14,18)(H,16,17)/t9-/m0/s1. The molecule has 0 fully saturated rings. The first-order chi connectivity index (χ1) is 9.56. The molecule has 8 nitrogen and oxygen atoms in total. The summed E-state index contributed by atoms with van der Waals surface area (Å²) in [5.41, 5.74) is -0.748. The molecule has 2 N–H and O–H groups in total. The Morgan fingerprint density at radius 3 is 2.38 bits per heavy atom. The van der Waals surface area contributed by atoms with Crippen LogP contribution in [0, 0.1) is 0 Å². The van der Waals surface area contributed by atoms with Gasteiger partial charge in [0.05, 0.1) is 6.54 Å². The number of carboxylic acid groups (broad SMARTS) is 1. The largest absolute Gasteiger partial charge is 0.480 e. The van der Waals surface area contributed by atoms with E-state index in [1.807, 2.05) is 0 Å². The second-order valence-electron chi connectivity index (χ2n) is 5.28. The molecule has 0 aromatic rings. The number of nitrogens with one attached hydrogen (secondary N) is 1. The van der Waals surface area contributed by atoms with Gasteiger partial charge in [-0.3, -0.25) is 0 Å². The average molecular weight is 302 g/mol. The minimum Gasteiger partial charge on any atom is -0.480 e. The third-order valence-corrected chi connectivity index (χ3v) is 2.08. The number of hydrogen-bond donors (Lipinski definition) is 2. The monoisotopic (exact) mass is 302 g/mol. The van der Waals surface area contributed by atoms with Gasteiger partial charge in [-0.2, -0.15) is 0 Å². The molecule has 0 heterocycles. The molecule has 8 heteroatoms. The first-order valence-corrected chi connectivity index (χ1v) is 6.28. The smallest absolute Gasteiger partial charge is 0.409 e. The number of alkyl carbamates (subject to hydrolysis) is 1. The van der Waals surface area contributed by atoms with Gasteiger partial charge in [-0.1, -0.05) is 12.7 Å². The van der Waals surface area contributed by atoms with Crippen LogP contribution in [-0.4, -0.2) is 60.0 Å². The summed E-state index contributed by atoms with van der Waals surface area (Å²) < 4.78 is 9.72. The van der Waals surface area contributed by atoms with Gasteiger partial charge in [0.25, 0.3) is 0 Å². The first kappa shape index (κ1) is 18.8. The van der Waals surface area contributed by atoms with Gasteiger partial charge in [-0.15, -0.1) is 0 Å². The van der Waals surface area contributed by atoms with Crippen molar-refractivity contribution in [2.75, 3.05) is 20.2 Å². The second kappa shape index (κ2) is 8.13.